The van der Waals surface area contributed by atoms with Crippen molar-refractivity contribution in [3.8, 4) is 0 Å². The molecule has 0 amide bonds. The van der Waals surface area contributed by atoms with Gasteiger partial charge in [0.05, 0.1) is 29.3 Å². The van der Waals surface area contributed by atoms with Crippen LogP contribution in [0, 0.1) is 11.8 Å². The Morgan fingerprint density at radius 3 is 2.44 bits per heavy atom. The third-order valence-electron chi connectivity index (χ3n) is 7.79. The van der Waals surface area contributed by atoms with Gasteiger partial charge < -0.3 is 15.3 Å². The summed E-state index contributed by atoms with van der Waals surface area (Å²) in [5.41, 5.74) is -0.470. The minimum Gasteiger partial charge on any atom is -0.394 e. The third kappa shape index (κ3) is 3.67. The third-order valence-corrected chi connectivity index (χ3v) is 9.47. The van der Waals surface area contributed by atoms with Gasteiger partial charge in [-0.1, -0.05) is 11.6 Å². The number of nitrogens with zero attached hydrogens (tertiary/aromatic N) is 5. The van der Waals surface area contributed by atoms with Crippen molar-refractivity contribution in [2.75, 3.05) is 29.9 Å². The molecule has 2 N–H and O–H groups in total. The molecule has 2 aliphatic carbocycles. The van der Waals surface area contributed by atoms with E-state index >= 15 is 0 Å². The maximum atomic E-state index is 14.4. The van der Waals surface area contributed by atoms with Crippen molar-refractivity contribution in [3.63, 3.8) is 0 Å². The molecule has 8 nitrogen and oxygen atoms in total. The van der Waals surface area contributed by atoms with Gasteiger partial charge in [0.15, 0.2) is 0 Å². The first-order valence-electron chi connectivity index (χ1n) is 11.6. The molecule has 2 aromatic rings. The second-order valence-corrected chi connectivity index (χ2v) is 12.0. The smallest absolute Gasteiger partial charge is 0.331 e. The minimum atomic E-state index is -3.37. The number of nitrogens with one attached hydrogen (secondary N) is 1. The van der Waals surface area contributed by atoms with E-state index in [1.807, 2.05) is 4.90 Å². The molecule has 34 heavy (non-hydrogen) atoms. The van der Waals surface area contributed by atoms with E-state index in [-0.39, 0.29) is 28.9 Å². The van der Waals surface area contributed by atoms with Crippen LogP contribution in [-0.2, 0) is 17.2 Å². The van der Waals surface area contributed by atoms with E-state index in [1.54, 1.807) is 12.4 Å². The molecule has 3 atom stereocenters. The zero-order chi connectivity index (χ0) is 23.7. The molecule has 6 rings (SSSR count). The lowest BCUT2D eigenvalue weighted by atomic mass is 9.77. The first-order valence-corrected chi connectivity index (χ1v) is 13.1. The molecule has 4 aliphatic rings. The molecule has 1 saturated heterocycles. The predicted octanol–water partition coefficient (Wildman–Crippen LogP) is 3.13. The Morgan fingerprint density at radius 2 is 1.85 bits per heavy atom. The summed E-state index contributed by atoms with van der Waals surface area (Å²) in [6.45, 7) is 1.31. The van der Waals surface area contributed by atoms with Gasteiger partial charge in [0.25, 0.3) is 0 Å². The lowest BCUT2D eigenvalue weighted by Crippen LogP contribution is -2.48. The number of halogens is 3. The Bertz CT molecular complexity index is 1130. The molecule has 2 unspecified atom stereocenters. The average molecular weight is 511 g/mol. The van der Waals surface area contributed by atoms with Crippen molar-refractivity contribution in [1.82, 2.24) is 19.9 Å². The van der Waals surface area contributed by atoms with E-state index in [1.165, 1.54) is 0 Å². The van der Waals surface area contributed by atoms with Gasteiger partial charge >= 0.3 is 5.25 Å². The maximum Gasteiger partial charge on any atom is 0.331 e. The normalized spacial score (nSPS) is 30.6. The number of fused-ring (bicyclic) bond motifs is 2. The van der Waals surface area contributed by atoms with Gasteiger partial charge in [-0.15, -0.1) is 0 Å². The van der Waals surface area contributed by atoms with Crippen molar-refractivity contribution in [2.24, 2.45) is 11.8 Å². The van der Waals surface area contributed by atoms with Crippen LogP contribution in [0.4, 0.5) is 20.5 Å². The van der Waals surface area contributed by atoms with Crippen LogP contribution in [0.1, 0.15) is 49.5 Å². The predicted molar refractivity (Wildman–Crippen MR) is 123 cm³/mol. The lowest BCUT2D eigenvalue weighted by Gasteiger charge is -2.41. The number of aromatic nitrogens is 4. The standard InChI is InChI=1S/C22H25ClF2N6O2S/c23-15-7-26-18(27-8-15)12-4-13-9-31(10-14(13)5-12)20-28-16-6-22(24,25)34(33)17(16)19(29-20)30-21(11-32)2-1-3-21/h7-8,12-14,32H,1-6,9-11H2,(H,28,29,30)/t12?,13?,14?,34-/m0/s1. The van der Waals surface area contributed by atoms with Gasteiger partial charge in [0, 0.05) is 31.4 Å². The van der Waals surface area contributed by atoms with E-state index in [4.69, 9.17) is 11.6 Å². The fourth-order valence-corrected chi connectivity index (χ4v) is 7.09. The van der Waals surface area contributed by atoms with E-state index in [0.29, 0.717) is 35.6 Å². The van der Waals surface area contributed by atoms with E-state index in [9.17, 15) is 18.1 Å². The number of aliphatic hydroxyl groups is 1. The van der Waals surface area contributed by atoms with Crippen LogP contribution in [0.3, 0.4) is 0 Å². The molecule has 2 aliphatic heterocycles. The van der Waals surface area contributed by atoms with Crippen LogP contribution in [0.15, 0.2) is 17.3 Å². The van der Waals surface area contributed by atoms with Gasteiger partial charge in [-0.2, -0.15) is 13.8 Å². The number of rotatable bonds is 5. The summed E-state index contributed by atoms with van der Waals surface area (Å²) in [6.07, 6.45) is 6.81. The first-order chi connectivity index (χ1) is 16.3. The highest BCUT2D eigenvalue weighted by atomic mass is 35.5. The molecular formula is C22H25ClF2N6O2S. The zero-order valence-electron chi connectivity index (χ0n) is 18.4. The number of hydrogen-bond acceptors (Lipinski definition) is 8. The fourth-order valence-electron chi connectivity index (χ4n) is 5.82. The average Bonchev–Trinajstić information content (AvgIpc) is 3.41. The van der Waals surface area contributed by atoms with Crippen LogP contribution in [0.5, 0.6) is 0 Å². The van der Waals surface area contributed by atoms with Crippen molar-refractivity contribution in [2.45, 2.75) is 60.1 Å². The molecule has 2 aromatic heterocycles. The van der Waals surface area contributed by atoms with Gasteiger partial charge in [0.2, 0.25) is 5.95 Å². The molecule has 2 saturated carbocycles. The van der Waals surface area contributed by atoms with Gasteiger partial charge in [-0.25, -0.2) is 19.2 Å². The zero-order valence-corrected chi connectivity index (χ0v) is 20.0. The van der Waals surface area contributed by atoms with Crippen LogP contribution >= 0.6 is 11.6 Å². The Hall–Kier alpha value is -1.98. The van der Waals surface area contributed by atoms with Gasteiger partial charge in [-0.05, 0) is 43.9 Å². The van der Waals surface area contributed by atoms with Crippen LogP contribution < -0.4 is 10.2 Å². The Morgan fingerprint density at radius 1 is 1.18 bits per heavy atom. The molecule has 0 radical (unpaired) electrons. The Kier molecular flexibility index (Phi) is 5.31. The summed E-state index contributed by atoms with van der Waals surface area (Å²) in [5.74, 6) is 2.46. The largest absolute Gasteiger partial charge is 0.394 e. The molecular weight excluding hydrogens is 486 g/mol. The Balaban J connectivity index is 1.25. The van der Waals surface area contributed by atoms with E-state index < -0.39 is 28.0 Å². The topological polar surface area (TPSA) is 104 Å². The van der Waals surface area contributed by atoms with Gasteiger partial charge in [0.1, 0.15) is 27.3 Å². The summed E-state index contributed by atoms with van der Waals surface area (Å²) in [5, 5.41) is 10.2. The molecule has 3 fully saturated rings. The maximum absolute atomic E-state index is 14.4. The first kappa shape index (κ1) is 22.5. The van der Waals surface area contributed by atoms with E-state index in [0.717, 1.165) is 38.2 Å². The lowest BCUT2D eigenvalue weighted by molar-refractivity contribution is 0.104. The van der Waals surface area contributed by atoms with Crippen molar-refractivity contribution >= 4 is 34.2 Å². The quantitative estimate of drug-likeness (QED) is 0.632. The SMILES string of the molecule is O=[S@]1c2c(nc(N3CC4CC(c5ncc(Cl)cn5)CC4C3)nc2NC2(CO)CCC2)CC1(F)F. The van der Waals surface area contributed by atoms with Crippen molar-refractivity contribution in [1.29, 1.82) is 0 Å². The molecule has 182 valence electrons. The highest BCUT2D eigenvalue weighted by molar-refractivity contribution is 7.86. The molecule has 0 bridgehead atoms. The minimum absolute atomic E-state index is 0.0205. The molecule has 0 spiro atoms. The van der Waals surface area contributed by atoms with Crippen LogP contribution in [0.2, 0.25) is 5.02 Å². The fraction of sp³-hybridized carbons (Fsp3) is 0.636. The highest BCUT2D eigenvalue weighted by Gasteiger charge is 2.51. The summed E-state index contributed by atoms with van der Waals surface area (Å²) in [4.78, 5) is 19.8. The Labute approximate surface area is 203 Å². The van der Waals surface area contributed by atoms with Gasteiger partial charge in [-0.3, -0.25) is 0 Å². The van der Waals surface area contributed by atoms with E-state index in [2.05, 4.69) is 25.3 Å². The molecule has 12 heteroatoms. The summed E-state index contributed by atoms with van der Waals surface area (Å²) in [7, 11) is -2.52. The van der Waals surface area contributed by atoms with Crippen LogP contribution in [-0.4, -0.2) is 59.7 Å². The number of anilines is 2. The monoisotopic (exact) mass is 510 g/mol. The molecule has 4 heterocycles. The van der Waals surface area contributed by atoms with Crippen molar-refractivity contribution in [3.05, 3.63) is 28.9 Å². The molecule has 0 aromatic carbocycles. The second kappa shape index (κ2) is 8.03. The second-order valence-electron chi connectivity index (χ2n) is 10.0. The van der Waals surface area contributed by atoms with Crippen LogP contribution in [0.25, 0.3) is 0 Å². The highest BCUT2D eigenvalue weighted by Crippen LogP contribution is 2.48. The summed E-state index contributed by atoms with van der Waals surface area (Å²) >= 11 is 5.91. The summed E-state index contributed by atoms with van der Waals surface area (Å²) < 4.78 is 41.3. The number of alkyl halides is 2. The number of hydrogen-bond donors (Lipinski definition) is 2. The number of aliphatic hydroxyl groups excluding tert-OH is 1. The van der Waals surface area contributed by atoms with Crippen molar-refractivity contribution < 1.29 is 18.1 Å². The summed E-state index contributed by atoms with van der Waals surface area (Å²) in [6, 6.07) is 0.